The number of hydrogen-bond acceptors (Lipinski definition) is 4. The Morgan fingerprint density at radius 3 is 2.64 bits per heavy atom. The van der Waals surface area contributed by atoms with Crippen LogP contribution in [0.25, 0.3) is 0 Å². The van der Waals surface area contributed by atoms with Gasteiger partial charge in [-0.1, -0.05) is 6.92 Å². The summed E-state index contributed by atoms with van der Waals surface area (Å²) in [5, 5.41) is 6.82. The Bertz CT molecular complexity index is 430. The summed E-state index contributed by atoms with van der Waals surface area (Å²) in [6, 6.07) is 1.74. The van der Waals surface area contributed by atoms with Gasteiger partial charge in [0.05, 0.1) is 18.8 Å². The minimum absolute atomic E-state index is 0.0826. The van der Waals surface area contributed by atoms with Crippen molar-refractivity contribution in [2.24, 2.45) is 5.92 Å². The first-order valence-electron chi connectivity index (χ1n) is 9.04. The van der Waals surface area contributed by atoms with Gasteiger partial charge in [-0.05, 0) is 44.4 Å². The van der Waals surface area contributed by atoms with Crippen LogP contribution in [0.5, 0.6) is 0 Å². The predicted octanol–water partition coefficient (Wildman–Crippen LogP) is 0.887. The predicted molar refractivity (Wildman–Crippen MR) is 84.6 cm³/mol. The largest absolute Gasteiger partial charge is 0.373 e. The lowest BCUT2D eigenvalue weighted by Crippen LogP contribution is -2.48. The number of piperidine rings is 1. The maximum absolute atomic E-state index is 11.9. The van der Waals surface area contributed by atoms with Crippen molar-refractivity contribution < 1.29 is 9.53 Å². The van der Waals surface area contributed by atoms with Gasteiger partial charge in [-0.3, -0.25) is 9.69 Å². The zero-order valence-corrected chi connectivity index (χ0v) is 13.6. The minimum atomic E-state index is 0.0826. The standard InChI is InChI=1S/C17H29N3O2/c1-12-8-15(12)18-14-9-17(22-11-14)4-6-20(7-5-17)10-16(21)19-13-2-3-13/h12-15,18H,2-11H2,1H3,(H,19,21)/t12-,14+,15-/m1/s1. The van der Waals surface area contributed by atoms with E-state index >= 15 is 0 Å². The van der Waals surface area contributed by atoms with Crippen LogP contribution < -0.4 is 10.6 Å². The Balaban J connectivity index is 1.20. The number of ether oxygens (including phenoxy) is 1. The zero-order chi connectivity index (χ0) is 15.2. The van der Waals surface area contributed by atoms with E-state index in [2.05, 4.69) is 22.5 Å². The van der Waals surface area contributed by atoms with E-state index in [0.29, 0.717) is 18.6 Å². The summed E-state index contributed by atoms with van der Waals surface area (Å²) in [7, 11) is 0. The molecule has 0 radical (unpaired) electrons. The van der Waals surface area contributed by atoms with Crippen LogP contribution in [0.1, 0.15) is 45.4 Å². The van der Waals surface area contributed by atoms with Crippen LogP contribution >= 0.6 is 0 Å². The van der Waals surface area contributed by atoms with E-state index in [4.69, 9.17) is 4.74 Å². The lowest BCUT2D eigenvalue weighted by atomic mass is 9.87. The van der Waals surface area contributed by atoms with Crippen LogP contribution in [0.4, 0.5) is 0 Å². The van der Waals surface area contributed by atoms with Crippen molar-refractivity contribution in [1.29, 1.82) is 0 Å². The number of nitrogens with zero attached hydrogens (tertiary/aromatic N) is 1. The molecule has 0 aromatic rings. The normalized spacial score (nSPS) is 37.4. The number of carbonyl (C=O) groups excluding carboxylic acids is 1. The number of nitrogens with one attached hydrogen (secondary N) is 2. The van der Waals surface area contributed by atoms with Crippen LogP contribution in [0.15, 0.2) is 0 Å². The Kier molecular flexibility index (Phi) is 3.91. The molecule has 3 atom stereocenters. The summed E-state index contributed by atoms with van der Waals surface area (Å²) >= 11 is 0. The van der Waals surface area contributed by atoms with Crippen molar-refractivity contribution in [2.45, 2.75) is 69.2 Å². The molecule has 2 saturated heterocycles. The Morgan fingerprint density at radius 2 is 2.00 bits per heavy atom. The van der Waals surface area contributed by atoms with Crippen molar-refractivity contribution in [3.05, 3.63) is 0 Å². The molecule has 2 aliphatic heterocycles. The molecule has 2 N–H and O–H groups in total. The molecule has 4 fully saturated rings. The molecule has 0 aromatic carbocycles. The molecule has 1 spiro atoms. The van der Waals surface area contributed by atoms with Crippen molar-refractivity contribution in [3.63, 3.8) is 0 Å². The molecule has 1 amide bonds. The first-order chi connectivity index (χ1) is 10.6. The zero-order valence-electron chi connectivity index (χ0n) is 13.6. The fraction of sp³-hybridized carbons (Fsp3) is 0.941. The van der Waals surface area contributed by atoms with Gasteiger partial charge >= 0.3 is 0 Å². The summed E-state index contributed by atoms with van der Waals surface area (Å²) in [6.45, 7) is 5.73. The third kappa shape index (κ3) is 3.47. The molecule has 4 aliphatic rings. The van der Waals surface area contributed by atoms with Crippen LogP contribution in [-0.2, 0) is 9.53 Å². The van der Waals surface area contributed by atoms with Crippen molar-refractivity contribution >= 4 is 5.91 Å². The molecule has 2 saturated carbocycles. The molecule has 2 heterocycles. The Labute approximate surface area is 133 Å². The summed E-state index contributed by atoms with van der Waals surface area (Å²) in [6.07, 6.45) is 6.95. The van der Waals surface area contributed by atoms with Gasteiger partial charge in [-0.15, -0.1) is 0 Å². The molecule has 2 aliphatic carbocycles. The first-order valence-corrected chi connectivity index (χ1v) is 9.04. The van der Waals surface area contributed by atoms with E-state index in [-0.39, 0.29) is 11.5 Å². The van der Waals surface area contributed by atoms with Crippen LogP contribution in [0.3, 0.4) is 0 Å². The van der Waals surface area contributed by atoms with Gasteiger partial charge in [0.1, 0.15) is 0 Å². The highest BCUT2D eigenvalue weighted by atomic mass is 16.5. The van der Waals surface area contributed by atoms with Crippen molar-refractivity contribution in [1.82, 2.24) is 15.5 Å². The van der Waals surface area contributed by atoms with Gasteiger partial charge in [-0.25, -0.2) is 0 Å². The highest BCUT2D eigenvalue weighted by molar-refractivity contribution is 5.78. The highest BCUT2D eigenvalue weighted by Gasteiger charge is 2.45. The van der Waals surface area contributed by atoms with E-state index in [0.717, 1.165) is 63.8 Å². The van der Waals surface area contributed by atoms with Gasteiger partial charge in [0.15, 0.2) is 0 Å². The molecule has 0 bridgehead atoms. The average molecular weight is 307 g/mol. The van der Waals surface area contributed by atoms with Crippen LogP contribution in [0, 0.1) is 5.92 Å². The number of rotatable bonds is 5. The second kappa shape index (κ2) is 5.77. The van der Waals surface area contributed by atoms with E-state index in [9.17, 15) is 4.79 Å². The fourth-order valence-electron chi connectivity index (χ4n) is 3.98. The number of amides is 1. The molecule has 0 aromatic heterocycles. The minimum Gasteiger partial charge on any atom is -0.373 e. The SMILES string of the molecule is C[C@@H]1C[C@H]1N[C@@H]1COC2(CCN(CC(=O)NC3CC3)CC2)C1. The quantitative estimate of drug-likeness (QED) is 0.792. The molecule has 124 valence electrons. The average Bonchev–Trinajstić information content (AvgIpc) is 3.38. The van der Waals surface area contributed by atoms with E-state index in [1.807, 2.05) is 0 Å². The summed E-state index contributed by atoms with van der Waals surface area (Å²) in [5.41, 5.74) is 0.0826. The van der Waals surface area contributed by atoms with Crippen LogP contribution in [0.2, 0.25) is 0 Å². The van der Waals surface area contributed by atoms with Gasteiger partial charge in [0, 0.05) is 31.2 Å². The second-order valence-corrected chi connectivity index (χ2v) is 8.00. The highest BCUT2D eigenvalue weighted by Crippen LogP contribution is 2.38. The number of carbonyl (C=O) groups is 1. The van der Waals surface area contributed by atoms with Gasteiger partial charge in [0.25, 0.3) is 0 Å². The molecule has 5 nitrogen and oxygen atoms in total. The number of likely N-dealkylation sites (tertiary alicyclic amines) is 1. The van der Waals surface area contributed by atoms with Gasteiger partial charge < -0.3 is 15.4 Å². The molecule has 5 heteroatoms. The van der Waals surface area contributed by atoms with Gasteiger partial charge in [0.2, 0.25) is 5.91 Å². The van der Waals surface area contributed by atoms with E-state index < -0.39 is 0 Å². The smallest absolute Gasteiger partial charge is 0.234 e. The lowest BCUT2D eigenvalue weighted by molar-refractivity contribution is -0.123. The Hall–Kier alpha value is -0.650. The fourth-order valence-corrected chi connectivity index (χ4v) is 3.98. The monoisotopic (exact) mass is 307 g/mol. The third-order valence-corrected chi connectivity index (χ3v) is 5.85. The van der Waals surface area contributed by atoms with Crippen molar-refractivity contribution in [2.75, 3.05) is 26.2 Å². The van der Waals surface area contributed by atoms with Crippen LogP contribution in [-0.4, -0.2) is 60.8 Å². The first kappa shape index (κ1) is 14.9. The molecule has 0 unspecified atom stereocenters. The summed E-state index contributed by atoms with van der Waals surface area (Å²) in [4.78, 5) is 14.2. The summed E-state index contributed by atoms with van der Waals surface area (Å²) < 4.78 is 6.20. The van der Waals surface area contributed by atoms with E-state index in [1.54, 1.807) is 0 Å². The topological polar surface area (TPSA) is 53.6 Å². The lowest BCUT2D eigenvalue weighted by Gasteiger charge is -2.38. The third-order valence-electron chi connectivity index (χ3n) is 5.85. The molecular weight excluding hydrogens is 278 g/mol. The maximum Gasteiger partial charge on any atom is 0.234 e. The number of hydrogen-bond donors (Lipinski definition) is 2. The van der Waals surface area contributed by atoms with Gasteiger partial charge in [-0.2, -0.15) is 0 Å². The van der Waals surface area contributed by atoms with E-state index in [1.165, 1.54) is 6.42 Å². The maximum atomic E-state index is 11.9. The Morgan fingerprint density at radius 1 is 1.27 bits per heavy atom. The summed E-state index contributed by atoms with van der Waals surface area (Å²) in [5.74, 6) is 1.05. The molecule has 22 heavy (non-hydrogen) atoms. The second-order valence-electron chi connectivity index (χ2n) is 8.00. The van der Waals surface area contributed by atoms with Crippen molar-refractivity contribution in [3.8, 4) is 0 Å². The molecular formula is C17H29N3O2. The molecule has 4 rings (SSSR count).